The summed E-state index contributed by atoms with van der Waals surface area (Å²) in [7, 11) is 0. The second-order valence-corrected chi connectivity index (χ2v) is 12.0. The van der Waals surface area contributed by atoms with Gasteiger partial charge in [0.25, 0.3) is 5.91 Å². The molecule has 7 heteroatoms. The van der Waals surface area contributed by atoms with Gasteiger partial charge in [0.15, 0.2) is 5.17 Å². The highest BCUT2D eigenvalue weighted by atomic mass is 32.2. The fraction of sp³-hybridized carbons (Fsp3) is 0.615. The van der Waals surface area contributed by atoms with E-state index in [4.69, 9.17) is 4.74 Å². The molecule has 33 heavy (non-hydrogen) atoms. The number of piperidine rings is 1. The molecule has 2 bridgehead atoms. The van der Waals surface area contributed by atoms with E-state index in [1.54, 1.807) is 11.8 Å². The van der Waals surface area contributed by atoms with Gasteiger partial charge in [0.2, 0.25) is 0 Å². The van der Waals surface area contributed by atoms with Gasteiger partial charge in [-0.25, -0.2) is 4.99 Å². The molecular weight excluding hydrogens is 432 g/mol. The number of nitrogens with one attached hydrogen (secondary N) is 2. The van der Waals surface area contributed by atoms with Gasteiger partial charge in [0.05, 0.1) is 5.56 Å². The largest absolute Gasteiger partial charge is 0.362 e. The summed E-state index contributed by atoms with van der Waals surface area (Å²) in [5.41, 5.74) is 1.81. The molecule has 1 aromatic heterocycles. The van der Waals surface area contributed by atoms with Crippen LogP contribution in [0.25, 0.3) is 10.9 Å². The number of fused-ring (bicyclic) bond motifs is 3. The number of carbonyl (C=O) groups excluding carboxylic acids is 1. The Morgan fingerprint density at radius 1 is 1.24 bits per heavy atom. The van der Waals surface area contributed by atoms with Crippen molar-refractivity contribution in [1.29, 1.82) is 0 Å². The number of aromatic nitrogens is 1. The molecule has 6 nitrogen and oxygen atoms in total. The molecule has 1 aromatic carbocycles. The number of thioether (sulfide) groups is 1. The normalized spacial score (nSPS) is 32.3. The molecule has 1 saturated heterocycles. The first-order chi connectivity index (χ1) is 16.1. The number of carbonyl (C=O) groups is 1. The molecule has 176 valence electrons. The maximum atomic E-state index is 13.1. The lowest BCUT2D eigenvalue weighted by Crippen LogP contribution is -2.44. The minimum absolute atomic E-state index is 0.143. The fourth-order valence-electron chi connectivity index (χ4n) is 6.53. The van der Waals surface area contributed by atoms with Crippen LogP contribution in [-0.4, -0.2) is 51.8 Å². The van der Waals surface area contributed by atoms with Crippen LogP contribution in [-0.2, 0) is 4.74 Å². The van der Waals surface area contributed by atoms with E-state index >= 15 is 0 Å². The molecule has 2 N–H and O–H groups in total. The number of hydrogen-bond donors (Lipinski definition) is 2. The third-order valence-corrected chi connectivity index (χ3v) is 9.48. The van der Waals surface area contributed by atoms with Crippen molar-refractivity contribution < 1.29 is 9.53 Å². The Hall–Kier alpha value is -1.99. The number of hydrogen-bond acceptors (Lipinski definition) is 5. The molecule has 0 spiro atoms. The lowest BCUT2D eigenvalue weighted by molar-refractivity contribution is 0.0161. The van der Waals surface area contributed by atoms with Crippen molar-refractivity contribution in [3.05, 3.63) is 36.0 Å². The average molecular weight is 467 g/mol. The predicted octanol–water partition coefficient (Wildman–Crippen LogP) is 4.98. The number of likely N-dealkylation sites (tertiary alicyclic amines) is 1. The van der Waals surface area contributed by atoms with Gasteiger partial charge < -0.3 is 19.9 Å². The lowest BCUT2D eigenvalue weighted by atomic mass is 9.91. The predicted molar refractivity (Wildman–Crippen MR) is 133 cm³/mol. The molecule has 4 atom stereocenters. The Bertz CT molecular complexity index is 1060. The summed E-state index contributed by atoms with van der Waals surface area (Å²) < 4.78 is 6.16. The van der Waals surface area contributed by atoms with E-state index in [1.807, 2.05) is 35.4 Å². The minimum Gasteiger partial charge on any atom is -0.362 e. The van der Waals surface area contributed by atoms with E-state index in [9.17, 15) is 4.79 Å². The third kappa shape index (κ3) is 4.30. The van der Waals surface area contributed by atoms with Crippen LogP contribution in [0, 0.1) is 17.8 Å². The van der Waals surface area contributed by atoms with E-state index in [0.29, 0.717) is 18.7 Å². The zero-order valence-electron chi connectivity index (χ0n) is 19.4. The van der Waals surface area contributed by atoms with Gasteiger partial charge in [-0.05, 0) is 69.3 Å². The Morgan fingerprint density at radius 2 is 2.09 bits per heavy atom. The number of H-pyrrole nitrogens is 1. The van der Waals surface area contributed by atoms with Crippen molar-refractivity contribution in [3.63, 3.8) is 0 Å². The molecule has 0 radical (unpaired) electrons. The SMILES string of the molecule is CC1(CC2CCN(C(=O)c3c[nH]c4ccccc34)CC2)OCN=C(N[C@H]2C[C@@H]3CC[C@H]2C3)S1. The Morgan fingerprint density at radius 3 is 2.88 bits per heavy atom. The first kappa shape index (κ1) is 21.5. The summed E-state index contributed by atoms with van der Waals surface area (Å²) in [6.45, 7) is 4.30. The van der Waals surface area contributed by atoms with Crippen molar-refractivity contribution in [2.24, 2.45) is 22.7 Å². The second kappa shape index (κ2) is 8.66. The topological polar surface area (TPSA) is 69.7 Å². The van der Waals surface area contributed by atoms with E-state index in [0.717, 1.165) is 65.8 Å². The number of amidine groups is 1. The van der Waals surface area contributed by atoms with Crippen molar-refractivity contribution in [3.8, 4) is 0 Å². The number of aromatic amines is 1. The second-order valence-electron chi connectivity index (χ2n) is 10.6. The monoisotopic (exact) mass is 466 g/mol. The molecule has 2 aliphatic heterocycles. The van der Waals surface area contributed by atoms with Crippen molar-refractivity contribution in [1.82, 2.24) is 15.2 Å². The number of ether oxygens (including phenoxy) is 1. The van der Waals surface area contributed by atoms with Crippen LogP contribution in [0.2, 0.25) is 0 Å². The zero-order valence-corrected chi connectivity index (χ0v) is 20.2. The van der Waals surface area contributed by atoms with E-state index < -0.39 is 0 Å². The van der Waals surface area contributed by atoms with E-state index in [1.165, 1.54) is 25.7 Å². The molecule has 1 unspecified atom stereocenters. The standard InChI is InChI=1S/C26H34N4O2S/c1-26(32-16-28-25(33-26)29-23-13-18-6-7-19(23)12-18)14-17-8-10-30(11-9-17)24(31)21-15-27-22-5-3-2-4-20(21)22/h2-5,15,17-19,23,27H,6-14,16H2,1H3,(H,28,29)/t18-,19+,23+,26?/m1/s1. The Labute approximate surface area is 199 Å². The van der Waals surface area contributed by atoms with E-state index in [2.05, 4.69) is 22.2 Å². The van der Waals surface area contributed by atoms with E-state index in [-0.39, 0.29) is 10.8 Å². The summed E-state index contributed by atoms with van der Waals surface area (Å²) in [6.07, 6.45) is 10.4. The van der Waals surface area contributed by atoms with Crippen LogP contribution >= 0.6 is 11.8 Å². The van der Waals surface area contributed by atoms with Gasteiger partial charge in [-0.1, -0.05) is 36.4 Å². The van der Waals surface area contributed by atoms with Crippen LogP contribution in [0.1, 0.15) is 62.2 Å². The molecule has 2 aliphatic carbocycles. The lowest BCUT2D eigenvalue weighted by Gasteiger charge is -2.39. The molecule has 4 aliphatic rings. The number of nitrogens with zero attached hydrogens (tertiary/aromatic N) is 2. The van der Waals surface area contributed by atoms with Crippen molar-refractivity contribution >= 4 is 33.7 Å². The van der Waals surface area contributed by atoms with Gasteiger partial charge in [-0.15, -0.1) is 0 Å². The van der Waals surface area contributed by atoms with Crippen LogP contribution in [0.3, 0.4) is 0 Å². The van der Waals surface area contributed by atoms with Gasteiger partial charge in [-0.3, -0.25) is 4.79 Å². The number of para-hydroxylation sites is 1. The quantitative estimate of drug-likeness (QED) is 0.667. The minimum atomic E-state index is -0.241. The summed E-state index contributed by atoms with van der Waals surface area (Å²) in [5.74, 6) is 2.48. The van der Waals surface area contributed by atoms with Crippen LogP contribution in [0.4, 0.5) is 0 Å². The van der Waals surface area contributed by atoms with Crippen LogP contribution in [0.5, 0.6) is 0 Å². The molecule has 3 heterocycles. The highest BCUT2D eigenvalue weighted by molar-refractivity contribution is 8.14. The summed E-state index contributed by atoms with van der Waals surface area (Å²) in [5, 5.41) is 5.86. The van der Waals surface area contributed by atoms with Crippen molar-refractivity contribution in [2.75, 3.05) is 19.8 Å². The summed E-state index contributed by atoms with van der Waals surface area (Å²) >= 11 is 1.78. The third-order valence-electron chi connectivity index (χ3n) is 8.32. The molecule has 2 saturated carbocycles. The molecule has 1 amide bonds. The zero-order chi connectivity index (χ0) is 22.4. The Balaban J connectivity index is 1.03. The number of amides is 1. The molecule has 3 fully saturated rings. The van der Waals surface area contributed by atoms with Crippen LogP contribution in [0.15, 0.2) is 35.5 Å². The highest BCUT2D eigenvalue weighted by Gasteiger charge is 2.42. The first-order valence-electron chi connectivity index (χ1n) is 12.6. The number of rotatable bonds is 4. The maximum Gasteiger partial charge on any atom is 0.256 e. The maximum absolute atomic E-state index is 13.1. The van der Waals surface area contributed by atoms with Gasteiger partial charge in [-0.2, -0.15) is 0 Å². The highest BCUT2D eigenvalue weighted by Crippen LogP contribution is 2.45. The molecule has 2 aromatic rings. The number of aliphatic imine (C=N–C) groups is 1. The summed E-state index contributed by atoms with van der Waals surface area (Å²) in [4.78, 5) is 22.8. The first-order valence-corrected chi connectivity index (χ1v) is 13.4. The summed E-state index contributed by atoms with van der Waals surface area (Å²) in [6, 6.07) is 8.63. The number of benzene rings is 1. The smallest absolute Gasteiger partial charge is 0.256 e. The van der Waals surface area contributed by atoms with Crippen LogP contribution < -0.4 is 5.32 Å². The molecular formula is C26H34N4O2S. The van der Waals surface area contributed by atoms with Gasteiger partial charge in [0, 0.05) is 36.2 Å². The average Bonchev–Trinajstić information content (AvgIpc) is 3.55. The fourth-order valence-corrected chi connectivity index (χ4v) is 7.70. The van der Waals surface area contributed by atoms with Gasteiger partial charge in [0.1, 0.15) is 11.7 Å². The van der Waals surface area contributed by atoms with Crippen molar-refractivity contribution in [2.45, 2.75) is 62.8 Å². The van der Waals surface area contributed by atoms with Gasteiger partial charge >= 0.3 is 0 Å². The molecule has 6 rings (SSSR count). The Kier molecular flexibility index (Phi) is 5.65.